The minimum atomic E-state index is -3.60. The Morgan fingerprint density at radius 3 is 2.48 bits per heavy atom. The van der Waals surface area contributed by atoms with Crippen molar-refractivity contribution < 1.29 is 13.2 Å². The maximum Gasteiger partial charge on any atom is 0.255 e. The molecule has 2 rings (SSSR count). The number of carbonyl (C=O) groups is 1. The first-order valence-corrected chi connectivity index (χ1v) is 9.86. The van der Waals surface area contributed by atoms with Gasteiger partial charge in [-0.1, -0.05) is 6.07 Å². The molecule has 0 atom stereocenters. The summed E-state index contributed by atoms with van der Waals surface area (Å²) in [6.45, 7) is 1.13. The van der Waals surface area contributed by atoms with Crippen molar-refractivity contribution in [3.63, 3.8) is 0 Å². The monoisotopic (exact) mass is 386 g/mol. The van der Waals surface area contributed by atoms with Gasteiger partial charge in [-0.15, -0.1) is 0 Å². The number of rotatable bonds is 8. The topological polar surface area (TPSA) is 102 Å². The molecule has 8 heteroatoms. The van der Waals surface area contributed by atoms with E-state index in [1.807, 2.05) is 25.1 Å². The zero-order chi connectivity index (χ0) is 19.9. The lowest BCUT2D eigenvalue weighted by molar-refractivity contribution is 0.102. The molecule has 0 unspecified atom stereocenters. The number of carbonyl (C=O) groups excluding carboxylic acids is 1. The molecule has 27 heavy (non-hydrogen) atoms. The highest BCUT2D eigenvalue weighted by Crippen LogP contribution is 2.14. The van der Waals surface area contributed by atoms with Crippen LogP contribution < -0.4 is 10.0 Å². The zero-order valence-corrected chi connectivity index (χ0v) is 16.1. The molecule has 1 amide bonds. The van der Waals surface area contributed by atoms with E-state index < -0.39 is 10.0 Å². The minimum Gasteiger partial charge on any atom is -0.322 e. The van der Waals surface area contributed by atoms with Crippen LogP contribution in [0.15, 0.2) is 53.4 Å². The summed E-state index contributed by atoms with van der Waals surface area (Å²) in [6.07, 6.45) is 0.703. The van der Waals surface area contributed by atoms with Gasteiger partial charge in [-0.25, -0.2) is 13.1 Å². The average molecular weight is 386 g/mol. The number of nitrogens with one attached hydrogen (secondary N) is 2. The molecule has 7 nitrogen and oxygen atoms in total. The van der Waals surface area contributed by atoms with E-state index in [1.54, 1.807) is 24.3 Å². The van der Waals surface area contributed by atoms with Crippen LogP contribution in [0.5, 0.6) is 0 Å². The minimum absolute atomic E-state index is 0.107. The summed E-state index contributed by atoms with van der Waals surface area (Å²) in [5.74, 6) is -0.382. The number of hydrogen-bond donors (Lipinski definition) is 2. The summed E-state index contributed by atoms with van der Waals surface area (Å²) in [6, 6.07) is 14.3. The number of sulfonamides is 1. The third-order valence-corrected chi connectivity index (χ3v) is 5.23. The lowest BCUT2D eigenvalue weighted by Crippen LogP contribution is -2.27. The summed E-state index contributed by atoms with van der Waals surface area (Å²) < 4.78 is 27.1. The fourth-order valence-electron chi connectivity index (χ4n) is 2.34. The Kier molecular flexibility index (Phi) is 7.07. The quantitative estimate of drug-likeness (QED) is 0.676. The van der Waals surface area contributed by atoms with Gasteiger partial charge in [-0.05, 0) is 69.5 Å². The fraction of sp³-hybridized carbons (Fsp3) is 0.263. The molecule has 2 aromatic carbocycles. The fourth-order valence-corrected chi connectivity index (χ4v) is 3.41. The Morgan fingerprint density at radius 2 is 1.85 bits per heavy atom. The molecule has 142 valence electrons. The Labute approximate surface area is 159 Å². The lowest BCUT2D eigenvalue weighted by atomic mass is 10.2. The van der Waals surface area contributed by atoms with E-state index in [2.05, 4.69) is 10.0 Å². The first-order valence-electron chi connectivity index (χ1n) is 8.38. The maximum absolute atomic E-state index is 12.3. The molecule has 0 saturated carbocycles. The van der Waals surface area contributed by atoms with Gasteiger partial charge in [0.25, 0.3) is 5.91 Å². The molecule has 2 aromatic rings. The summed E-state index contributed by atoms with van der Waals surface area (Å²) >= 11 is 0. The second kappa shape index (κ2) is 9.28. The summed E-state index contributed by atoms with van der Waals surface area (Å²) in [5, 5.41) is 11.6. The molecule has 0 spiro atoms. The normalized spacial score (nSPS) is 11.2. The Balaban J connectivity index is 2.01. The standard InChI is InChI=1S/C19H22N4O3S/c1-23(2)12-4-11-21-27(25,26)18-9-7-16(8-10-18)19(24)22-17-6-3-5-15(13-17)14-20/h3,5-10,13,21H,4,11-12H2,1-2H3,(H,22,24). The highest BCUT2D eigenvalue weighted by molar-refractivity contribution is 7.89. The van der Waals surface area contributed by atoms with E-state index in [9.17, 15) is 13.2 Å². The van der Waals surface area contributed by atoms with Crippen molar-refractivity contribution in [3.05, 3.63) is 59.7 Å². The van der Waals surface area contributed by atoms with Crippen molar-refractivity contribution in [1.29, 1.82) is 5.26 Å². The van der Waals surface area contributed by atoms with Crippen molar-refractivity contribution in [3.8, 4) is 6.07 Å². The van der Waals surface area contributed by atoms with Crippen LogP contribution in [0.25, 0.3) is 0 Å². The zero-order valence-electron chi connectivity index (χ0n) is 15.3. The molecule has 0 saturated heterocycles. The Morgan fingerprint density at radius 1 is 1.15 bits per heavy atom. The van der Waals surface area contributed by atoms with E-state index in [4.69, 9.17) is 5.26 Å². The van der Waals surface area contributed by atoms with Crippen molar-refractivity contribution in [2.45, 2.75) is 11.3 Å². The van der Waals surface area contributed by atoms with E-state index >= 15 is 0 Å². The molecule has 2 N–H and O–H groups in total. The van der Waals surface area contributed by atoms with Gasteiger partial charge in [0, 0.05) is 17.8 Å². The van der Waals surface area contributed by atoms with Gasteiger partial charge in [0.05, 0.1) is 16.5 Å². The van der Waals surface area contributed by atoms with Crippen molar-refractivity contribution >= 4 is 21.6 Å². The predicted octanol–water partition coefficient (Wildman–Crippen LogP) is 2.04. The van der Waals surface area contributed by atoms with Gasteiger partial charge in [0.15, 0.2) is 0 Å². The number of amides is 1. The Bertz CT molecular complexity index is 932. The highest BCUT2D eigenvalue weighted by atomic mass is 32.2. The predicted molar refractivity (Wildman–Crippen MR) is 104 cm³/mol. The second-order valence-corrected chi connectivity index (χ2v) is 7.99. The molecule has 0 aliphatic rings. The van der Waals surface area contributed by atoms with Crippen molar-refractivity contribution in [2.75, 3.05) is 32.5 Å². The van der Waals surface area contributed by atoms with E-state index in [1.165, 1.54) is 24.3 Å². The molecule has 0 aliphatic carbocycles. The third kappa shape index (κ3) is 6.18. The molecule has 0 bridgehead atoms. The van der Waals surface area contributed by atoms with Crippen LogP contribution in [0.1, 0.15) is 22.3 Å². The summed E-state index contributed by atoms with van der Waals surface area (Å²) in [7, 11) is 0.246. The summed E-state index contributed by atoms with van der Waals surface area (Å²) in [4.78, 5) is 14.4. The number of benzene rings is 2. The first-order chi connectivity index (χ1) is 12.8. The van der Waals surface area contributed by atoms with Crippen molar-refractivity contribution in [2.24, 2.45) is 0 Å². The summed E-state index contributed by atoms with van der Waals surface area (Å²) in [5.41, 5.74) is 1.26. The molecule has 0 radical (unpaired) electrons. The molecule has 0 heterocycles. The van der Waals surface area contributed by atoms with E-state index in [0.717, 1.165) is 6.54 Å². The number of nitrogens with zero attached hydrogens (tertiary/aromatic N) is 2. The molecular weight excluding hydrogens is 364 g/mol. The lowest BCUT2D eigenvalue weighted by Gasteiger charge is -2.11. The van der Waals surface area contributed by atoms with Gasteiger partial charge < -0.3 is 10.2 Å². The van der Waals surface area contributed by atoms with Crippen LogP contribution in [0.4, 0.5) is 5.69 Å². The van der Waals surface area contributed by atoms with Crippen LogP contribution in [0, 0.1) is 11.3 Å². The number of anilines is 1. The first kappa shape index (κ1) is 20.6. The van der Waals surface area contributed by atoms with Crippen LogP contribution in [-0.4, -0.2) is 46.4 Å². The number of nitriles is 1. The van der Waals surface area contributed by atoms with E-state index in [0.29, 0.717) is 29.8 Å². The van der Waals surface area contributed by atoms with Crippen LogP contribution >= 0.6 is 0 Å². The van der Waals surface area contributed by atoms with Crippen LogP contribution in [0.3, 0.4) is 0 Å². The SMILES string of the molecule is CN(C)CCCNS(=O)(=O)c1ccc(C(=O)Nc2cccc(C#N)c2)cc1. The van der Waals surface area contributed by atoms with Crippen LogP contribution in [-0.2, 0) is 10.0 Å². The van der Waals surface area contributed by atoms with Crippen molar-refractivity contribution in [1.82, 2.24) is 9.62 Å². The molecule has 0 aromatic heterocycles. The molecule has 0 fully saturated rings. The third-order valence-electron chi connectivity index (χ3n) is 3.75. The van der Waals surface area contributed by atoms with Gasteiger partial charge >= 0.3 is 0 Å². The maximum atomic E-state index is 12.3. The van der Waals surface area contributed by atoms with Gasteiger partial charge in [0.1, 0.15) is 0 Å². The number of hydrogen-bond acceptors (Lipinski definition) is 5. The van der Waals surface area contributed by atoms with Gasteiger partial charge in [0.2, 0.25) is 10.0 Å². The van der Waals surface area contributed by atoms with Gasteiger partial charge in [-0.2, -0.15) is 5.26 Å². The second-order valence-electron chi connectivity index (χ2n) is 6.23. The smallest absolute Gasteiger partial charge is 0.255 e. The van der Waals surface area contributed by atoms with Crippen LogP contribution in [0.2, 0.25) is 0 Å². The average Bonchev–Trinajstić information content (AvgIpc) is 2.65. The Hall–Kier alpha value is -2.73. The molecular formula is C19H22N4O3S. The van der Waals surface area contributed by atoms with Gasteiger partial charge in [-0.3, -0.25) is 4.79 Å². The largest absolute Gasteiger partial charge is 0.322 e. The molecule has 0 aliphatic heterocycles. The highest BCUT2D eigenvalue weighted by Gasteiger charge is 2.14. The van der Waals surface area contributed by atoms with E-state index in [-0.39, 0.29) is 10.8 Å².